The van der Waals surface area contributed by atoms with E-state index in [4.69, 9.17) is 0 Å². The molecule has 0 saturated heterocycles. The highest BCUT2D eigenvalue weighted by atomic mass is 32.1. The average Bonchev–Trinajstić information content (AvgIpc) is 3.23. The first-order valence-corrected chi connectivity index (χ1v) is 12.3. The Hall–Kier alpha value is -3.19. The van der Waals surface area contributed by atoms with Crippen molar-refractivity contribution in [1.82, 2.24) is 9.80 Å². The molecule has 0 aliphatic heterocycles. The highest BCUT2D eigenvalue weighted by Crippen LogP contribution is 2.21. The first-order valence-electron chi connectivity index (χ1n) is 11.5. The molecule has 0 spiro atoms. The van der Waals surface area contributed by atoms with Gasteiger partial charge >= 0.3 is 6.03 Å². The number of para-hydroxylation sites is 1. The Labute approximate surface area is 205 Å². The number of anilines is 1. The number of carbonyl (C=O) groups is 2. The van der Waals surface area contributed by atoms with Gasteiger partial charge in [0, 0.05) is 23.2 Å². The van der Waals surface area contributed by atoms with Crippen LogP contribution in [0.2, 0.25) is 0 Å². The van der Waals surface area contributed by atoms with E-state index < -0.39 is 0 Å². The Bertz CT molecular complexity index is 1110. The number of urea groups is 1. The summed E-state index contributed by atoms with van der Waals surface area (Å²) in [6.45, 7) is 8.62. The topological polar surface area (TPSA) is 52.7 Å². The second-order valence-electron chi connectivity index (χ2n) is 8.53. The van der Waals surface area contributed by atoms with Crippen LogP contribution in [0.25, 0.3) is 0 Å². The summed E-state index contributed by atoms with van der Waals surface area (Å²) < 4.78 is 13.4. The van der Waals surface area contributed by atoms with Gasteiger partial charge in [0.25, 0.3) is 0 Å². The Morgan fingerprint density at radius 3 is 2.32 bits per heavy atom. The number of hydrogen-bond donors (Lipinski definition) is 1. The Balaban J connectivity index is 1.81. The van der Waals surface area contributed by atoms with Crippen molar-refractivity contribution in [2.45, 2.75) is 53.2 Å². The van der Waals surface area contributed by atoms with Crippen LogP contribution in [0.15, 0.2) is 60.0 Å². The van der Waals surface area contributed by atoms with Crippen LogP contribution in [-0.2, 0) is 17.9 Å². The number of halogens is 1. The minimum atomic E-state index is -0.313. The van der Waals surface area contributed by atoms with Crippen molar-refractivity contribution in [3.63, 3.8) is 0 Å². The molecule has 1 heterocycles. The van der Waals surface area contributed by atoms with Crippen LogP contribution >= 0.6 is 11.3 Å². The second-order valence-corrected chi connectivity index (χ2v) is 9.53. The second kappa shape index (κ2) is 11.8. The predicted octanol–water partition coefficient (Wildman–Crippen LogP) is 6.37. The lowest BCUT2D eigenvalue weighted by Crippen LogP contribution is -2.48. The van der Waals surface area contributed by atoms with E-state index >= 15 is 0 Å². The Kier molecular flexibility index (Phi) is 8.82. The average molecular weight is 482 g/mol. The summed E-state index contributed by atoms with van der Waals surface area (Å²) in [7, 11) is 0. The minimum Gasteiger partial charge on any atom is -0.332 e. The van der Waals surface area contributed by atoms with Crippen LogP contribution in [0.3, 0.4) is 0 Å². The Morgan fingerprint density at radius 2 is 1.71 bits per heavy atom. The van der Waals surface area contributed by atoms with Crippen molar-refractivity contribution in [1.29, 1.82) is 0 Å². The predicted molar refractivity (Wildman–Crippen MR) is 136 cm³/mol. The lowest BCUT2D eigenvalue weighted by atomic mass is 10.1. The summed E-state index contributed by atoms with van der Waals surface area (Å²) in [5.41, 5.74) is 3.64. The van der Waals surface area contributed by atoms with Crippen molar-refractivity contribution in [3.8, 4) is 0 Å². The number of thiophene rings is 1. The molecule has 0 fully saturated rings. The van der Waals surface area contributed by atoms with Crippen LogP contribution in [0.1, 0.15) is 41.8 Å². The fourth-order valence-electron chi connectivity index (χ4n) is 3.58. The number of hydrogen-bond acceptors (Lipinski definition) is 3. The van der Waals surface area contributed by atoms with Crippen molar-refractivity contribution in [3.05, 3.63) is 87.4 Å². The summed E-state index contributed by atoms with van der Waals surface area (Å²) in [6, 6.07) is 15.4. The maximum absolute atomic E-state index is 13.5. The van der Waals surface area contributed by atoms with Crippen molar-refractivity contribution in [2.24, 2.45) is 0 Å². The van der Waals surface area contributed by atoms with Gasteiger partial charge in [0.2, 0.25) is 5.91 Å². The molecule has 7 heteroatoms. The highest BCUT2D eigenvalue weighted by molar-refractivity contribution is 7.10. The summed E-state index contributed by atoms with van der Waals surface area (Å²) in [5, 5.41) is 4.96. The zero-order chi connectivity index (χ0) is 24.7. The van der Waals surface area contributed by atoms with Gasteiger partial charge in [-0.2, -0.15) is 0 Å². The summed E-state index contributed by atoms with van der Waals surface area (Å²) in [6.07, 6.45) is 0.719. The number of rotatable bonds is 9. The molecule has 1 unspecified atom stereocenters. The van der Waals surface area contributed by atoms with Crippen molar-refractivity contribution in [2.75, 3.05) is 11.9 Å². The van der Waals surface area contributed by atoms with Gasteiger partial charge in [-0.05, 0) is 73.5 Å². The van der Waals surface area contributed by atoms with E-state index in [0.717, 1.165) is 33.7 Å². The van der Waals surface area contributed by atoms with Crippen LogP contribution in [0, 0.1) is 19.7 Å². The van der Waals surface area contributed by atoms with E-state index in [1.165, 1.54) is 12.1 Å². The molecule has 1 aromatic heterocycles. The number of nitrogens with one attached hydrogen (secondary N) is 1. The van der Waals surface area contributed by atoms with Gasteiger partial charge in [-0.15, -0.1) is 11.3 Å². The fourth-order valence-corrected chi connectivity index (χ4v) is 4.50. The third-order valence-corrected chi connectivity index (χ3v) is 7.03. The molecule has 1 N–H and O–H groups in total. The smallest absolute Gasteiger partial charge is 0.322 e. The largest absolute Gasteiger partial charge is 0.332 e. The van der Waals surface area contributed by atoms with E-state index in [-0.39, 0.29) is 30.3 Å². The number of carbonyl (C=O) groups excluding carboxylic acids is 2. The van der Waals surface area contributed by atoms with E-state index in [1.54, 1.807) is 33.3 Å². The number of nitrogens with zero attached hydrogens (tertiary/aromatic N) is 2. The van der Waals surface area contributed by atoms with Gasteiger partial charge in [0.1, 0.15) is 12.4 Å². The van der Waals surface area contributed by atoms with E-state index in [0.29, 0.717) is 13.1 Å². The molecule has 5 nitrogen and oxygen atoms in total. The monoisotopic (exact) mass is 481 g/mol. The molecule has 1 atom stereocenters. The van der Waals surface area contributed by atoms with Gasteiger partial charge in [0.15, 0.2) is 0 Å². The molecule has 0 bridgehead atoms. The zero-order valence-electron chi connectivity index (χ0n) is 20.2. The molecule has 0 aliphatic carbocycles. The van der Waals surface area contributed by atoms with Crippen LogP contribution in [0.4, 0.5) is 14.9 Å². The zero-order valence-corrected chi connectivity index (χ0v) is 21.0. The third kappa shape index (κ3) is 6.67. The van der Waals surface area contributed by atoms with E-state index in [2.05, 4.69) is 5.32 Å². The maximum Gasteiger partial charge on any atom is 0.322 e. The Morgan fingerprint density at radius 1 is 1.00 bits per heavy atom. The molecule has 180 valence electrons. The first kappa shape index (κ1) is 25.4. The summed E-state index contributed by atoms with van der Waals surface area (Å²) in [4.78, 5) is 31.2. The number of aryl methyl sites for hydroxylation is 2. The quantitative estimate of drug-likeness (QED) is 0.386. The van der Waals surface area contributed by atoms with Gasteiger partial charge in [-0.3, -0.25) is 4.79 Å². The summed E-state index contributed by atoms with van der Waals surface area (Å²) in [5.74, 6) is -0.469. The SMILES string of the molecule is CCC(C)N(CC(=O)N(Cc1ccc(F)cc1)Cc1sccc1C)C(=O)Nc1ccccc1C. The standard InChI is InChI=1S/C27H32FN3O2S/c1-5-21(4)31(27(33)29-24-9-7-6-8-19(24)2)18-26(32)30(17-25-20(3)14-15-34-25)16-22-10-12-23(28)13-11-22/h6-15,21H,5,16-18H2,1-4H3,(H,29,33). The van der Waals surface area contributed by atoms with Crippen LogP contribution in [0.5, 0.6) is 0 Å². The molecule has 3 rings (SSSR count). The molecule has 3 aromatic rings. The van der Waals surface area contributed by atoms with E-state index in [9.17, 15) is 14.0 Å². The van der Waals surface area contributed by atoms with Gasteiger partial charge in [-0.25, -0.2) is 9.18 Å². The lowest BCUT2D eigenvalue weighted by molar-refractivity contribution is -0.133. The highest BCUT2D eigenvalue weighted by Gasteiger charge is 2.26. The van der Waals surface area contributed by atoms with Crippen LogP contribution < -0.4 is 5.32 Å². The van der Waals surface area contributed by atoms with Crippen molar-refractivity contribution < 1.29 is 14.0 Å². The molecule has 0 saturated carbocycles. The molecule has 34 heavy (non-hydrogen) atoms. The third-order valence-electron chi connectivity index (χ3n) is 6.02. The lowest BCUT2D eigenvalue weighted by Gasteiger charge is -2.31. The van der Waals surface area contributed by atoms with Gasteiger partial charge < -0.3 is 15.1 Å². The molecular formula is C27H32FN3O2S. The van der Waals surface area contributed by atoms with Crippen LogP contribution in [-0.4, -0.2) is 34.3 Å². The minimum absolute atomic E-state index is 0.0433. The first-order chi connectivity index (χ1) is 16.3. The van der Waals surface area contributed by atoms with E-state index in [1.807, 2.05) is 63.4 Å². The molecule has 0 radical (unpaired) electrons. The fraction of sp³-hybridized carbons (Fsp3) is 0.333. The number of benzene rings is 2. The number of amides is 3. The molecule has 0 aliphatic rings. The van der Waals surface area contributed by atoms with Gasteiger partial charge in [-0.1, -0.05) is 37.3 Å². The molecular weight excluding hydrogens is 449 g/mol. The normalized spacial score (nSPS) is 11.7. The van der Waals surface area contributed by atoms with Crippen molar-refractivity contribution >= 4 is 29.0 Å². The van der Waals surface area contributed by atoms with Gasteiger partial charge in [0.05, 0.1) is 6.54 Å². The molecule has 2 aromatic carbocycles. The summed E-state index contributed by atoms with van der Waals surface area (Å²) >= 11 is 1.60. The maximum atomic E-state index is 13.5. The molecule has 3 amide bonds.